The van der Waals surface area contributed by atoms with Crippen LogP contribution in [-0.4, -0.2) is 30.4 Å². The van der Waals surface area contributed by atoms with Crippen LogP contribution in [0.4, 0.5) is 8.78 Å². The van der Waals surface area contributed by atoms with E-state index in [1.54, 1.807) is 0 Å². The normalized spacial score (nSPS) is 11.1. The van der Waals surface area contributed by atoms with E-state index < -0.39 is 21.2 Å². The molecule has 0 aliphatic rings. The number of hydrogen-bond acceptors (Lipinski definition) is 3. The van der Waals surface area contributed by atoms with Crippen LogP contribution in [0.1, 0.15) is 12.0 Å². The lowest BCUT2D eigenvalue weighted by Crippen LogP contribution is -2.24. The first-order valence-corrected chi connectivity index (χ1v) is 6.41. The third-order valence-electron chi connectivity index (χ3n) is 2.16. The Morgan fingerprint density at radius 2 is 1.88 bits per heavy atom. The number of halogens is 2. The van der Waals surface area contributed by atoms with E-state index in [-0.39, 0.29) is 0 Å². The van der Waals surface area contributed by atoms with Gasteiger partial charge >= 0.3 is 9.53 Å². The van der Waals surface area contributed by atoms with Gasteiger partial charge in [-0.15, -0.1) is 0 Å². The first kappa shape index (κ1) is 14.2. The molecule has 0 aromatic heterocycles. The summed E-state index contributed by atoms with van der Waals surface area (Å²) in [7, 11) is 1.38. The van der Waals surface area contributed by atoms with Gasteiger partial charge in [0, 0.05) is 26.9 Å². The molecule has 0 N–H and O–H groups in total. The summed E-state index contributed by atoms with van der Waals surface area (Å²) in [4.78, 5) is 0. The maximum absolute atomic E-state index is 13.2. The van der Waals surface area contributed by atoms with Crippen molar-refractivity contribution in [1.82, 2.24) is 0 Å². The highest BCUT2D eigenvalue weighted by atomic mass is 28.3. The largest absolute Gasteiger partial charge is 0.577 e. The van der Waals surface area contributed by atoms with Gasteiger partial charge in [0.2, 0.25) is 0 Å². The Hall–Kier alpha value is -0.823. The minimum atomic E-state index is -1.65. The van der Waals surface area contributed by atoms with Gasteiger partial charge in [-0.05, 0) is 24.5 Å². The van der Waals surface area contributed by atoms with Crippen LogP contribution >= 0.6 is 0 Å². The zero-order valence-electron chi connectivity index (χ0n) is 9.83. The van der Waals surface area contributed by atoms with Crippen molar-refractivity contribution in [3.8, 4) is 0 Å². The topological polar surface area (TPSA) is 27.7 Å². The van der Waals surface area contributed by atoms with Crippen LogP contribution in [0, 0.1) is 11.6 Å². The van der Waals surface area contributed by atoms with Gasteiger partial charge in [0.15, 0.2) is 0 Å². The summed E-state index contributed by atoms with van der Waals surface area (Å²) >= 11 is 0. The second-order valence-electron chi connectivity index (χ2n) is 3.35. The maximum atomic E-state index is 13.2. The lowest BCUT2D eigenvalue weighted by Gasteiger charge is -2.09. The minimum Gasteiger partial charge on any atom is -0.375 e. The summed E-state index contributed by atoms with van der Waals surface area (Å²) in [6.45, 7) is 0.423. The van der Waals surface area contributed by atoms with Crippen molar-refractivity contribution < 1.29 is 22.1 Å². The van der Waals surface area contributed by atoms with E-state index in [9.17, 15) is 8.78 Å². The van der Waals surface area contributed by atoms with Crippen LogP contribution in [0.15, 0.2) is 18.2 Å². The molecule has 0 heterocycles. The monoisotopic (exact) mass is 261 g/mol. The van der Waals surface area contributed by atoms with Crippen molar-refractivity contribution in [2.24, 2.45) is 0 Å². The molecule has 0 saturated heterocycles. The minimum absolute atomic E-state index is 0.423. The molecule has 6 heteroatoms. The third-order valence-corrected chi connectivity index (χ3v) is 3.27. The molecule has 0 spiro atoms. The van der Waals surface area contributed by atoms with Crippen molar-refractivity contribution in [1.29, 1.82) is 0 Å². The predicted molar refractivity (Wildman–Crippen MR) is 60.4 cm³/mol. The third kappa shape index (κ3) is 4.91. The molecule has 3 nitrogen and oxygen atoms in total. The smallest absolute Gasteiger partial charge is 0.375 e. The van der Waals surface area contributed by atoms with E-state index in [4.69, 9.17) is 13.3 Å². The molecule has 0 aliphatic heterocycles. The van der Waals surface area contributed by atoms with Crippen molar-refractivity contribution >= 4 is 9.53 Å². The Morgan fingerprint density at radius 3 is 2.47 bits per heavy atom. The number of hydrogen-bond donors (Lipinski definition) is 0. The van der Waals surface area contributed by atoms with Gasteiger partial charge in [0.05, 0.1) is 0 Å². The standard InChI is InChI=1S/C11H15F2O3Si/c1-14-17(15-2)16-7-3-4-9-5-6-10(12)8-11(9)13/h5-6,8H,3-4,7H2,1-2H3. The van der Waals surface area contributed by atoms with Gasteiger partial charge in [-0.2, -0.15) is 0 Å². The SMILES string of the molecule is CO[Si](OC)OCCCc1ccc(F)cc1F. The average Bonchev–Trinajstić information content (AvgIpc) is 2.32. The second-order valence-corrected chi connectivity index (χ2v) is 4.95. The fourth-order valence-corrected chi connectivity index (χ4v) is 2.06. The Labute approximate surface area is 101 Å². The first-order valence-electron chi connectivity index (χ1n) is 5.19. The molecule has 0 unspecified atom stereocenters. The lowest BCUT2D eigenvalue weighted by molar-refractivity contribution is 0.134. The second kappa shape index (κ2) is 7.49. The molecule has 0 aliphatic carbocycles. The molecule has 17 heavy (non-hydrogen) atoms. The first-order chi connectivity index (χ1) is 8.17. The van der Waals surface area contributed by atoms with Gasteiger partial charge in [-0.3, -0.25) is 0 Å². The Morgan fingerprint density at radius 1 is 1.18 bits per heavy atom. The van der Waals surface area contributed by atoms with Gasteiger partial charge in [-0.25, -0.2) is 8.78 Å². The molecule has 95 valence electrons. The van der Waals surface area contributed by atoms with E-state index in [0.29, 0.717) is 25.0 Å². The van der Waals surface area contributed by atoms with Gasteiger partial charge in [0.1, 0.15) is 11.6 Å². The molecule has 1 aromatic rings. The molecule has 1 rings (SSSR count). The van der Waals surface area contributed by atoms with E-state index in [1.165, 1.54) is 26.4 Å². The number of benzene rings is 1. The Bertz CT molecular complexity index is 345. The number of aryl methyl sites for hydroxylation is 1. The summed E-state index contributed by atoms with van der Waals surface area (Å²) < 4.78 is 41.0. The summed E-state index contributed by atoms with van der Waals surface area (Å²) in [6.07, 6.45) is 1.12. The zero-order chi connectivity index (χ0) is 12.7. The highest BCUT2D eigenvalue weighted by Crippen LogP contribution is 2.11. The van der Waals surface area contributed by atoms with Gasteiger partial charge in [0.25, 0.3) is 0 Å². The van der Waals surface area contributed by atoms with E-state index in [0.717, 1.165) is 6.07 Å². The fraction of sp³-hybridized carbons (Fsp3) is 0.455. The van der Waals surface area contributed by atoms with E-state index in [2.05, 4.69) is 0 Å². The molecule has 0 atom stereocenters. The molecular weight excluding hydrogens is 246 g/mol. The van der Waals surface area contributed by atoms with Gasteiger partial charge in [-0.1, -0.05) is 6.07 Å². The average molecular weight is 261 g/mol. The number of rotatable bonds is 7. The van der Waals surface area contributed by atoms with Crippen LogP contribution in [0.2, 0.25) is 0 Å². The van der Waals surface area contributed by atoms with Crippen molar-refractivity contribution in [2.75, 3.05) is 20.8 Å². The molecular formula is C11H15F2O3Si. The van der Waals surface area contributed by atoms with Crippen LogP contribution < -0.4 is 0 Å². The fourth-order valence-electron chi connectivity index (χ4n) is 1.34. The summed E-state index contributed by atoms with van der Waals surface area (Å²) in [5, 5.41) is 0. The quantitative estimate of drug-likeness (QED) is 0.556. The predicted octanol–water partition coefficient (Wildman–Crippen LogP) is 2.19. The Kier molecular flexibility index (Phi) is 6.28. The maximum Gasteiger partial charge on any atom is 0.577 e. The molecule has 1 radical (unpaired) electrons. The highest BCUT2D eigenvalue weighted by molar-refractivity contribution is 6.36. The summed E-state index contributed by atoms with van der Waals surface area (Å²) in [5.41, 5.74) is 0.485. The van der Waals surface area contributed by atoms with Crippen LogP contribution in [0.3, 0.4) is 0 Å². The van der Waals surface area contributed by atoms with Crippen molar-refractivity contribution in [3.05, 3.63) is 35.4 Å². The lowest BCUT2D eigenvalue weighted by atomic mass is 10.1. The van der Waals surface area contributed by atoms with Crippen molar-refractivity contribution in [2.45, 2.75) is 12.8 Å². The van der Waals surface area contributed by atoms with E-state index in [1.807, 2.05) is 0 Å². The van der Waals surface area contributed by atoms with Crippen LogP contribution in [-0.2, 0) is 19.7 Å². The van der Waals surface area contributed by atoms with E-state index >= 15 is 0 Å². The highest BCUT2D eigenvalue weighted by Gasteiger charge is 2.14. The molecule has 0 bridgehead atoms. The summed E-state index contributed by atoms with van der Waals surface area (Å²) in [5.74, 6) is -1.08. The molecule has 0 amide bonds. The Balaban J connectivity index is 2.31. The van der Waals surface area contributed by atoms with Crippen molar-refractivity contribution in [3.63, 3.8) is 0 Å². The van der Waals surface area contributed by atoms with Gasteiger partial charge < -0.3 is 13.3 Å². The molecule has 0 fully saturated rings. The van der Waals surface area contributed by atoms with Crippen LogP contribution in [0.5, 0.6) is 0 Å². The molecule has 0 saturated carbocycles. The molecule has 1 aromatic carbocycles. The van der Waals surface area contributed by atoms with Crippen LogP contribution in [0.25, 0.3) is 0 Å². The summed E-state index contributed by atoms with van der Waals surface area (Å²) in [6, 6.07) is 3.58. The zero-order valence-corrected chi connectivity index (χ0v) is 10.8.